The molecule has 1 amide bonds. The fraction of sp³-hybridized carbons (Fsp3) is 0.533. The van der Waals surface area contributed by atoms with Gasteiger partial charge in [-0.3, -0.25) is 4.90 Å². The van der Waals surface area contributed by atoms with Crippen LogP contribution < -0.4 is 10.2 Å². The van der Waals surface area contributed by atoms with Crippen LogP contribution in [0, 0.1) is 13.8 Å². The summed E-state index contributed by atoms with van der Waals surface area (Å²) in [6, 6.07) is 6.06. The molecular weight excluding hydrogens is 240 g/mol. The van der Waals surface area contributed by atoms with Gasteiger partial charge < -0.3 is 10.1 Å². The Morgan fingerprint density at radius 1 is 1.37 bits per heavy atom. The highest BCUT2D eigenvalue weighted by atomic mass is 16.6. The molecule has 0 saturated carbocycles. The molecule has 2 heterocycles. The maximum absolute atomic E-state index is 12.2. The second-order valence-corrected chi connectivity index (χ2v) is 5.64. The molecule has 0 aliphatic carbocycles. The van der Waals surface area contributed by atoms with Crippen molar-refractivity contribution in [2.45, 2.75) is 32.3 Å². The number of hydrogen-bond donors (Lipinski definition) is 1. The third-order valence-electron chi connectivity index (χ3n) is 4.27. The number of benzene rings is 1. The summed E-state index contributed by atoms with van der Waals surface area (Å²) >= 11 is 0. The van der Waals surface area contributed by atoms with E-state index in [0.29, 0.717) is 6.54 Å². The minimum Gasteiger partial charge on any atom is -0.439 e. The van der Waals surface area contributed by atoms with Gasteiger partial charge >= 0.3 is 6.09 Å². The molecule has 2 saturated heterocycles. The summed E-state index contributed by atoms with van der Waals surface area (Å²) in [5.74, 6) is 0. The van der Waals surface area contributed by atoms with E-state index < -0.39 is 0 Å². The highest BCUT2D eigenvalue weighted by Crippen LogP contribution is 2.34. The SMILES string of the molecule is Cc1cccc(N2CC3(CCCNC3)OC2=O)c1C. The Labute approximate surface area is 113 Å². The average Bonchev–Trinajstić information content (AvgIpc) is 2.70. The summed E-state index contributed by atoms with van der Waals surface area (Å²) in [6.07, 6.45) is 1.80. The number of carbonyl (C=O) groups excluding carboxylic acids is 1. The lowest BCUT2D eigenvalue weighted by molar-refractivity contribution is 0.0366. The molecule has 1 N–H and O–H groups in total. The lowest BCUT2D eigenvalue weighted by Gasteiger charge is -2.31. The number of ether oxygens (including phenoxy) is 1. The van der Waals surface area contributed by atoms with E-state index in [2.05, 4.69) is 25.2 Å². The lowest BCUT2D eigenvalue weighted by Crippen LogP contribution is -2.48. The fourth-order valence-corrected chi connectivity index (χ4v) is 3.00. The van der Waals surface area contributed by atoms with E-state index in [1.807, 2.05) is 12.1 Å². The summed E-state index contributed by atoms with van der Waals surface area (Å²) in [5, 5.41) is 3.33. The molecule has 1 aromatic rings. The van der Waals surface area contributed by atoms with Gasteiger partial charge in [-0.25, -0.2) is 4.79 Å². The van der Waals surface area contributed by atoms with Crippen molar-refractivity contribution < 1.29 is 9.53 Å². The molecule has 0 radical (unpaired) electrons. The number of rotatable bonds is 1. The standard InChI is InChI=1S/C15H20N2O2/c1-11-5-3-6-13(12(11)2)17-10-15(19-14(17)18)7-4-8-16-9-15/h3,5-6,16H,4,7-10H2,1-2H3. The molecule has 1 unspecified atom stereocenters. The minimum atomic E-state index is -0.328. The Morgan fingerprint density at radius 3 is 2.95 bits per heavy atom. The van der Waals surface area contributed by atoms with Crippen LogP contribution in [-0.4, -0.2) is 31.3 Å². The van der Waals surface area contributed by atoms with Crippen molar-refractivity contribution >= 4 is 11.8 Å². The van der Waals surface area contributed by atoms with E-state index in [-0.39, 0.29) is 11.7 Å². The van der Waals surface area contributed by atoms with Gasteiger partial charge in [-0.05, 0) is 50.4 Å². The van der Waals surface area contributed by atoms with Gasteiger partial charge in [0.15, 0.2) is 0 Å². The quantitative estimate of drug-likeness (QED) is 0.843. The van der Waals surface area contributed by atoms with Crippen molar-refractivity contribution in [3.8, 4) is 0 Å². The normalized spacial score (nSPS) is 26.8. The summed E-state index contributed by atoms with van der Waals surface area (Å²) in [7, 11) is 0. The Kier molecular flexibility index (Phi) is 2.97. The van der Waals surface area contributed by atoms with Gasteiger partial charge in [0.2, 0.25) is 0 Å². The second kappa shape index (κ2) is 4.53. The largest absolute Gasteiger partial charge is 0.439 e. The molecule has 1 atom stereocenters. The van der Waals surface area contributed by atoms with Crippen molar-refractivity contribution in [2.24, 2.45) is 0 Å². The number of hydrogen-bond acceptors (Lipinski definition) is 3. The Hall–Kier alpha value is -1.55. The van der Waals surface area contributed by atoms with E-state index >= 15 is 0 Å². The van der Waals surface area contributed by atoms with Crippen molar-refractivity contribution in [3.05, 3.63) is 29.3 Å². The van der Waals surface area contributed by atoms with Gasteiger partial charge in [0.25, 0.3) is 0 Å². The third-order valence-corrected chi connectivity index (χ3v) is 4.27. The number of amides is 1. The first-order chi connectivity index (χ1) is 9.11. The van der Waals surface area contributed by atoms with Gasteiger partial charge in [-0.15, -0.1) is 0 Å². The molecular formula is C15H20N2O2. The highest BCUT2D eigenvalue weighted by Gasteiger charge is 2.46. The predicted octanol–water partition coefficient (Wildman–Crippen LogP) is 2.38. The maximum atomic E-state index is 12.2. The molecule has 4 nitrogen and oxygen atoms in total. The third kappa shape index (κ3) is 2.10. The summed E-state index contributed by atoms with van der Waals surface area (Å²) < 4.78 is 5.68. The van der Waals surface area contributed by atoms with Gasteiger partial charge in [-0.1, -0.05) is 12.1 Å². The first-order valence-electron chi connectivity index (χ1n) is 6.89. The number of aryl methyl sites for hydroxylation is 1. The van der Waals surface area contributed by atoms with Crippen LogP contribution >= 0.6 is 0 Å². The smallest absolute Gasteiger partial charge is 0.415 e. The molecule has 4 heteroatoms. The molecule has 2 aliphatic rings. The van der Waals surface area contributed by atoms with E-state index in [1.54, 1.807) is 4.90 Å². The first kappa shape index (κ1) is 12.5. The van der Waals surface area contributed by atoms with Crippen LogP contribution in [0.15, 0.2) is 18.2 Å². The summed E-state index contributed by atoms with van der Waals surface area (Å²) in [6.45, 7) is 6.56. The molecule has 1 aromatic carbocycles. The molecule has 1 spiro atoms. The maximum Gasteiger partial charge on any atom is 0.415 e. The second-order valence-electron chi connectivity index (χ2n) is 5.64. The zero-order chi connectivity index (χ0) is 13.5. The first-order valence-corrected chi connectivity index (χ1v) is 6.89. The summed E-state index contributed by atoms with van der Waals surface area (Å²) in [5.41, 5.74) is 3.01. The highest BCUT2D eigenvalue weighted by molar-refractivity contribution is 5.91. The van der Waals surface area contributed by atoms with Gasteiger partial charge in [0.1, 0.15) is 5.60 Å². The van der Waals surface area contributed by atoms with Crippen LogP contribution in [0.3, 0.4) is 0 Å². The molecule has 0 aromatic heterocycles. The van der Waals surface area contributed by atoms with E-state index in [1.165, 1.54) is 5.56 Å². The van der Waals surface area contributed by atoms with Crippen LogP contribution in [0.1, 0.15) is 24.0 Å². The molecule has 2 aliphatic heterocycles. The van der Waals surface area contributed by atoms with E-state index in [0.717, 1.165) is 37.2 Å². The number of nitrogens with one attached hydrogen (secondary N) is 1. The van der Waals surface area contributed by atoms with Gasteiger partial charge in [0, 0.05) is 6.54 Å². The molecule has 3 rings (SSSR count). The van der Waals surface area contributed by atoms with Crippen molar-refractivity contribution in [2.75, 3.05) is 24.5 Å². The topological polar surface area (TPSA) is 41.6 Å². The van der Waals surface area contributed by atoms with Crippen molar-refractivity contribution in [1.82, 2.24) is 5.32 Å². The van der Waals surface area contributed by atoms with E-state index in [9.17, 15) is 4.79 Å². The van der Waals surface area contributed by atoms with Crippen LogP contribution in [0.2, 0.25) is 0 Å². The minimum absolute atomic E-state index is 0.211. The Bertz CT molecular complexity index is 507. The summed E-state index contributed by atoms with van der Waals surface area (Å²) in [4.78, 5) is 14.0. The van der Waals surface area contributed by atoms with Crippen LogP contribution in [-0.2, 0) is 4.74 Å². The number of piperidine rings is 1. The molecule has 19 heavy (non-hydrogen) atoms. The van der Waals surface area contributed by atoms with Crippen molar-refractivity contribution in [3.63, 3.8) is 0 Å². The molecule has 2 fully saturated rings. The van der Waals surface area contributed by atoms with Gasteiger partial charge in [0.05, 0.1) is 12.2 Å². The van der Waals surface area contributed by atoms with Crippen molar-refractivity contribution in [1.29, 1.82) is 0 Å². The number of anilines is 1. The molecule has 102 valence electrons. The number of nitrogens with zero attached hydrogens (tertiary/aromatic N) is 1. The van der Waals surface area contributed by atoms with Crippen LogP contribution in [0.4, 0.5) is 10.5 Å². The Balaban J connectivity index is 1.90. The Morgan fingerprint density at radius 2 is 2.21 bits per heavy atom. The van der Waals surface area contributed by atoms with E-state index in [4.69, 9.17) is 4.74 Å². The zero-order valence-corrected chi connectivity index (χ0v) is 11.5. The monoisotopic (exact) mass is 260 g/mol. The van der Waals surface area contributed by atoms with Crippen LogP contribution in [0.25, 0.3) is 0 Å². The van der Waals surface area contributed by atoms with Crippen LogP contribution in [0.5, 0.6) is 0 Å². The predicted molar refractivity (Wildman–Crippen MR) is 74.6 cm³/mol. The number of carbonyl (C=O) groups is 1. The zero-order valence-electron chi connectivity index (χ0n) is 11.5. The van der Waals surface area contributed by atoms with Gasteiger partial charge in [-0.2, -0.15) is 0 Å². The average molecular weight is 260 g/mol. The molecule has 0 bridgehead atoms. The lowest BCUT2D eigenvalue weighted by atomic mass is 9.94. The fourth-order valence-electron chi connectivity index (χ4n) is 3.00.